The van der Waals surface area contributed by atoms with E-state index in [-0.39, 0.29) is 12.5 Å². The molecular formula is C14H22N4O3. The van der Waals surface area contributed by atoms with Gasteiger partial charge in [0.1, 0.15) is 6.04 Å². The number of hydrogen-bond donors (Lipinski definition) is 4. The standard InChI is InChI=1S/C14H22N4O3/c1-9-2-4-10(5-3-9)17-14(21)18-12(13(19)20)6-11-7-15-8-16-11/h7-10,12H,2-6H2,1H3,(H,15,16)(H,19,20)(H2,17,18,21)/t9?,10?,12-/m1/s1. The zero-order valence-electron chi connectivity index (χ0n) is 12.1. The summed E-state index contributed by atoms with van der Waals surface area (Å²) in [6.45, 7) is 2.21. The maximum Gasteiger partial charge on any atom is 0.326 e. The van der Waals surface area contributed by atoms with E-state index in [1.165, 1.54) is 6.33 Å². The fourth-order valence-corrected chi connectivity index (χ4v) is 2.61. The number of aromatic amines is 1. The monoisotopic (exact) mass is 294 g/mol. The summed E-state index contributed by atoms with van der Waals surface area (Å²) in [5.74, 6) is -0.352. The number of carboxylic acids is 1. The van der Waals surface area contributed by atoms with Crippen LogP contribution in [0.25, 0.3) is 0 Å². The molecule has 21 heavy (non-hydrogen) atoms. The largest absolute Gasteiger partial charge is 0.480 e. The first-order valence-corrected chi connectivity index (χ1v) is 7.31. The normalized spacial score (nSPS) is 23.3. The molecule has 1 atom stereocenters. The molecule has 0 aromatic carbocycles. The molecule has 1 saturated carbocycles. The van der Waals surface area contributed by atoms with Crippen molar-refractivity contribution in [2.45, 2.75) is 51.1 Å². The molecule has 1 aromatic heterocycles. The number of H-pyrrole nitrogens is 1. The highest BCUT2D eigenvalue weighted by molar-refractivity contribution is 5.82. The molecule has 7 nitrogen and oxygen atoms in total. The van der Waals surface area contributed by atoms with Gasteiger partial charge in [-0.2, -0.15) is 0 Å². The highest BCUT2D eigenvalue weighted by Crippen LogP contribution is 2.23. The SMILES string of the molecule is CC1CCC(NC(=O)N[C@H](Cc2cnc[nH]2)C(=O)O)CC1. The highest BCUT2D eigenvalue weighted by Gasteiger charge is 2.24. The van der Waals surface area contributed by atoms with Gasteiger partial charge in [0.15, 0.2) is 0 Å². The molecule has 0 radical (unpaired) electrons. The van der Waals surface area contributed by atoms with Gasteiger partial charge in [0, 0.05) is 24.4 Å². The van der Waals surface area contributed by atoms with Crippen molar-refractivity contribution >= 4 is 12.0 Å². The van der Waals surface area contributed by atoms with E-state index in [9.17, 15) is 14.7 Å². The Morgan fingerprint density at radius 1 is 1.43 bits per heavy atom. The van der Waals surface area contributed by atoms with Crippen LogP contribution in [-0.4, -0.2) is 39.2 Å². The summed E-state index contributed by atoms with van der Waals surface area (Å²) < 4.78 is 0. The summed E-state index contributed by atoms with van der Waals surface area (Å²) in [6, 6.07) is -1.24. The lowest BCUT2D eigenvalue weighted by Crippen LogP contribution is -2.50. The van der Waals surface area contributed by atoms with Gasteiger partial charge in [-0.25, -0.2) is 14.6 Å². The number of imidazole rings is 1. The molecule has 7 heteroatoms. The van der Waals surface area contributed by atoms with Gasteiger partial charge in [-0.1, -0.05) is 6.92 Å². The molecule has 2 amide bonds. The Morgan fingerprint density at radius 3 is 2.71 bits per heavy atom. The van der Waals surface area contributed by atoms with E-state index >= 15 is 0 Å². The van der Waals surface area contributed by atoms with E-state index in [4.69, 9.17) is 0 Å². The molecule has 0 aliphatic heterocycles. The fourth-order valence-electron chi connectivity index (χ4n) is 2.61. The van der Waals surface area contributed by atoms with E-state index in [0.717, 1.165) is 25.7 Å². The Bertz CT molecular complexity index is 467. The number of urea groups is 1. The molecule has 0 saturated heterocycles. The molecule has 4 N–H and O–H groups in total. The summed E-state index contributed by atoms with van der Waals surface area (Å²) in [5, 5.41) is 14.6. The van der Waals surface area contributed by atoms with Crippen LogP contribution in [0.2, 0.25) is 0 Å². The molecule has 1 aromatic rings. The first-order chi connectivity index (χ1) is 10.0. The minimum absolute atomic E-state index is 0.141. The van der Waals surface area contributed by atoms with Gasteiger partial charge in [-0.3, -0.25) is 0 Å². The number of carboxylic acid groups (broad SMARTS) is 1. The predicted octanol–water partition coefficient (Wildman–Crippen LogP) is 1.28. The Labute approximate surface area is 123 Å². The smallest absolute Gasteiger partial charge is 0.326 e. The molecule has 0 bridgehead atoms. The Morgan fingerprint density at radius 2 is 2.14 bits per heavy atom. The van der Waals surface area contributed by atoms with Crippen molar-refractivity contribution in [3.8, 4) is 0 Å². The molecule has 1 heterocycles. The molecule has 1 fully saturated rings. The number of nitrogens with one attached hydrogen (secondary N) is 3. The summed E-state index contributed by atoms with van der Waals surface area (Å²) in [4.78, 5) is 29.8. The molecule has 1 aliphatic rings. The van der Waals surface area contributed by atoms with E-state index in [0.29, 0.717) is 11.6 Å². The van der Waals surface area contributed by atoms with Crippen LogP contribution in [0.5, 0.6) is 0 Å². The summed E-state index contributed by atoms with van der Waals surface area (Å²) in [6.07, 6.45) is 7.32. The van der Waals surface area contributed by atoms with Crippen molar-refractivity contribution in [1.29, 1.82) is 0 Å². The van der Waals surface area contributed by atoms with Gasteiger partial charge in [0.2, 0.25) is 0 Å². The van der Waals surface area contributed by atoms with Gasteiger partial charge in [0.25, 0.3) is 0 Å². The lowest BCUT2D eigenvalue weighted by Gasteiger charge is -2.27. The number of nitrogens with zero attached hydrogens (tertiary/aromatic N) is 1. The number of amides is 2. The third-order valence-electron chi connectivity index (χ3n) is 3.93. The number of aromatic nitrogens is 2. The first-order valence-electron chi connectivity index (χ1n) is 7.31. The number of carbonyl (C=O) groups is 2. The fraction of sp³-hybridized carbons (Fsp3) is 0.643. The van der Waals surface area contributed by atoms with Crippen molar-refractivity contribution < 1.29 is 14.7 Å². The van der Waals surface area contributed by atoms with Crippen molar-refractivity contribution in [2.75, 3.05) is 0 Å². The third kappa shape index (κ3) is 4.77. The molecule has 116 valence electrons. The summed E-state index contributed by atoms with van der Waals surface area (Å²) in [5.41, 5.74) is 0.675. The maximum atomic E-state index is 11.9. The van der Waals surface area contributed by atoms with Gasteiger partial charge in [-0.05, 0) is 31.6 Å². The predicted molar refractivity (Wildman–Crippen MR) is 76.8 cm³/mol. The second-order valence-electron chi connectivity index (χ2n) is 5.75. The van der Waals surface area contributed by atoms with E-state index in [2.05, 4.69) is 27.5 Å². The van der Waals surface area contributed by atoms with Crippen LogP contribution in [0.1, 0.15) is 38.3 Å². The third-order valence-corrected chi connectivity index (χ3v) is 3.93. The molecular weight excluding hydrogens is 272 g/mol. The van der Waals surface area contributed by atoms with Crippen LogP contribution in [-0.2, 0) is 11.2 Å². The Kier molecular flexibility index (Phi) is 5.19. The molecule has 0 spiro atoms. The molecule has 0 unspecified atom stereocenters. The first kappa shape index (κ1) is 15.3. The van der Waals surface area contributed by atoms with Crippen LogP contribution >= 0.6 is 0 Å². The van der Waals surface area contributed by atoms with Gasteiger partial charge >= 0.3 is 12.0 Å². The average molecular weight is 294 g/mol. The maximum absolute atomic E-state index is 11.9. The van der Waals surface area contributed by atoms with Crippen LogP contribution in [0.4, 0.5) is 4.79 Å². The highest BCUT2D eigenvalue weighted by atomic mass is 16.4. The van der Waals surface area contributed by atoms with Gasteiger partial charge in [0.05, 0.1) is 6.33 Å². The van der Waals surface area contributed by atoms with E-state index < -0.39 is 18.0 Å². The molecule has 1 aliphatic carbocycles. The lowest BCUT2D eigenvalue weighted by molar-refractivity contribution is -0.139. The van der Waals surface area contributed by atoms with E-state index in [1.807, 2.05) is 0 Å². The van der Waals surface area contributed by atoms with Crippen LogP contribution < -0.4 is 10.6 Å². The average Bonchev–Trinajstić information content (AvgIpc) is 2.93. The van der Waals surface area contributed by atoms with Crippen molar-refractivity contribution in [1.82, 2.24) is 20.6 Å². The summed E-state index contributed by atoms with van der Waals surface area (Å²) in [7, 11) is 0. The second-order valence-corrected chi connectivity index (χ2v) is 5.75. The van der Waals surface area contributed by atoms with Crippen molar-refractivity contribution in [3.63, 3.8) is 0 Å². The van der Waals surface area contributed by atoms with Crippen LogP contribution in [0, 0.1) is 5.92 Å². The van der Waals surface area contributed by atoms with Crippen molar-refractivity contribution in [3.05, 3.63) is 18.2 Å². The minimum atomic E-state index is -1.06. The van der Waals surface area contributed by atoms with Crippen LogP contribution in [0.3, 0.4) is 0 Å². The summed E-state index contributed by atoms with van der Waals surface area (Å²) >= 11 is 0. The van der Waals surface area contributed by atoms with E-state index in [1.54, 1.807) is 6.20 Å². The number of rotatable bonds is 5. The van der Waals surface area contributed by atoms with Gasteiger partial charge in [-0.15, -0.1) is 0 Å². The Balaban J connectivity index is 1.82. The number of aliphatic carboxylic acids is 1. The second kappa shape index (κ2) is 7.10. The van der Waals surface area contributed by atoms with Crippen LogP contribution in [0.15, 0.2) is 12.5 Å². The lowest BCUT2D eigenvalue weighted by atomic mass is 9.87. The minimum Gasteiger partial charge on any atom is -0.480 e. The zero-order chi connectivity index (χ0) is 15.2. The number of hydrogen-bond acceptors (Lipinski definition) is 3. The van der Waals surface area contributed by atoms with Crippen molar-refractivity contribution in [2.24, 2.45) is 5.92 Å². The Hall–Kier alpha value is -2.05. The topological polar surface area (TPSA) is 107 Å². The van der Waals surface area contributed by atoms with Gasteiger partial charge < -0.3 is 20.7 Å². The molecule has 2 rings (SSSR count). The quantitative estimate of drug-likeness (QED) is 0.656. The number of carbonyl (C=O) groups excluding carboxylic acids is 1. The zero-order valence-corrected chi connectivity index (χ0v) is 12.1.